The summed E-state index contributed by atoms with van der Waals surface area (Å²) in [6.07, 6.45) is -3.16. The lowest BCUT2D eigenvalue weighted by atomic mass is 10.0. The van der Waals surface area contributed by atoms with E-state index in [-0.39, 0.29) is 12.1 Å². The maximum Gasteiger partial charge on any atom is 0.275 e. The first-order chi connectivity index (χ1) is 8.82. The number of rotatable bonds is 5. The molecule has 1 aromatic rings. The zero-order valence-electron chi connectivity index (χ0n) is 10.0. The molecule has 1 rings (SSSR count). The molecule has 8 heteroatoms. The van der Waals surface area contributed by atoms with Crippen molar-refractivity contribution in [2.75, 3.05) is 6.54 Å². The van der Waals surface area contributed by atoms with E-state index in [1.165, 1.54) is 6.92 Å². The largest absolute Gasteiger partial charge is 0.388 e. The van der Waals surface area contributed by atoms with Gasteiger partial charge in [0.1, 0.15) is 18.0 Å². The number of amides is 1. The van der Waals surface area contributed by atoms with Crippen LogP contribution in [-0.4, -0.2) is 33.7 Å². The number of aliphatic hydroxyl groups excluding tert-OH is 2. The predicted molar refractivity (Wildman–Crippen MR) is 62.7 cm³/mol. The zero-order chi connectivity index (χ0) is 14.6. The SMILES string of the molecule is CC(=O)NCC(O)C(O)c1cc(F)ccc1[N+](=O)[O-]. The number of hydrogen-bond acceptors (Lipinski definition) is 5. The summed E-state index contributed by atoms with van der Waals surface area (Å²) in [5.41, 5.74) is -0.848. The Morgan fingerprint density at radius 1 is 1.53 bits per heavy atom. The Kier molecular flexibility index (Phi) is 4.90. The quantitative estimate of drug-likeness (QED) is 0.526. The summed E-state index contributed by atoms with van der Waals surface area (Å²) < 4.78 is 13.1. The molecule has 0 saturated carbocycles. The van der Waals surface area contributed by atoms with Crippen LogP contribution in [0, 0.1) is 15.9 Å². The van der Waals surface area contributed by atoms with Crippen LogP contribution in [0.15, 0.2) is 18.2 Å². The second-order valence-electron chi connectivity index (χ2n) is 3.91. The Hall–Kier alpha value is -2.06. The van der Waals surface area contributed by atoms with Gasteiger partial charge in [-0.05, 0) is 12.1 Å². The van der Waals surface area contributed by atoms with Gasteiger partial charge in [0.05, 0.1) is 10.5 Å². The lowest BCUT2D eigenvalue weighted by molar-refractivity contribution is -0.386. The number of nitro benzene ring substituents is 1. The Morgan fingerprint density at radius 3 is 2.68 bits per heavy atom. The maximum absolute atomic E-state index is 13.1. The van der Waals surface area contributed by atoms with Crippen LogP contribution in [0.5, 0.6) is 0 Å². The average Bonchev–Trinajstić information content (AvgIpc) is 2.34. The van der Waals surface area contributed by atoms with Crippen molar-refractivity contribution in [3.63, 3.8) is 0 Å². The van der Waals surface area contributed by atoms with Crippen molar-refractivity contribution in [2.24, 2.45) is 0 Å². The summed E-state index contributed by atoms with van der Waals surface area (Å²) in [4.78, 5) is 20.6. The molecule has 0 fully saturated rings. The van der Waals surface area contributed by atoms with E-state index < -0.39 is 34.5 Å². The molecule has 0 aliphatic carbocycles. The molecule has 7 nitrogen and oxygen atoms in total. The van der Waals surface area contributed by atoms with Gasteiger partial charge in [-0.25, -0.2) is 4.39 Å². The minimum Gasteiger partial charge on any atom is -0.388 e. The minimum atomic E-state index is -1.68. The molecule has 0 heterocycles. The molecule has 0 saturated heterocycles. The first-order valence-electron chi connectivity index (χ1n) is 5.37. The monoisotopic (exact) mass is 272 g/mol. The number of hydrogen-bond donors (Lipinski definition) is 3. The highest BCUT2D eigenvalue weighted by Gasteiger charge is 2.26. The molecule has 104 valence electrons. The molecule has 0 aromatic heterocycles. The number of aliphatic hydroxyl groups is 2. The van der Waals surface area contributed by atoms with Gasteiger partial charge in [-0.2, -0.15) is 0 Å². The normalized spacial score (nSPS) is 13.7. The molecule has 1 aromatic carbocycles. The number of nitro groups is 1. The summed E-state index contributed by atoms with van der Waals surface area (Å²) in [6.45, 7) is 0.911. The van der Waals surface area contributed by atoms with Crippen LogP contribution in [0.1, 0.15) is 18.6 Å². The van der Waals surface area contributed by atoms with Crippen molar-refractivity contribution < 1.29 is 24.3 Å². The van der Waals surface area contributed by atoms with Gasteiger partial charge >= 0.3 is 0 Å². The third kappa shape index (κ3) is 3.97. The van der Waals surface area contributed by atoms with Gasteiger partial charge in [0, 0.05) is 19.5 Å². The fraction of sp³-hybridized carbons (Fsp3) is 0.364. The van der Waals surface area contributed by atoms with E-state index in [2.05, 4.69) is 5.32 Å². The first kappa shape index (κ1) is 15.0. The summed E-state index contributed by atoms with van der Waals surface area (Å²) in [5.74, 6) is -1.20. The fourth-order valence-electron chi connectivity index (χ4n) is 1.50. The summed E-state index contributed by atoms with van der Waals surface area (Å²) in [7, 11) is 0. The number of carbonyl (C=O) groups is 1. The first-order valence-corrected chi connectivity index (χ1v) is 5.37. The molecule has 0 aliphatic rings. The lowest BCUT2D eigenvalue weighted by Gasteiger charge is -2.18. The van der Waals surface area contributed by atoms with Crippen LogP contribution in [0.2, 0.25) is 0 Å². The number of nitrogens with one attached hydrogen (secondary N) is 1. The van der Waals surface area contributed by atoms with E-state index in [1.807, 2.05) is 0 Å². The van der Waals surface area contributed by atoms with E-state index in [0.29, 0.717) is 0 Å². The molecule has 2 atom stereocenters. The van der Waals surface area contributed by atoms with E-state index in [1.54, 1.807) is 0 Å². The Bertz CT molecular complexity index is 494. The predicted octanol–water partition coefficient (Wildman–Crippen LogP) is 0.264. The highest BCUT2D eigenvalue weighted by molar-refractivity contribution is 5.72. The average molecular weight is 272 g/mol. The van der Waals surface area contributed by atoms with Gasteiger partial charge in [0.15, 0.2) is 0 Å². The minimum absolute atomic E-state index is 0.301. The Balaban J connectivity index is 2.97. The van der Waals surface area contributed by atoms with Gasteiger partial charge < -0.3 is 15.5 Å². The zero-order valence-corrected chi connectivity index (χ0v) is 10.0. The third-order valence-electron chi connectivity index (χ3n) is 2.43. The molecule has 3 N–H and O–H groups in total. The highest BCUT2D eigenvalue weighted by Crippen LogP contribution is 2.27. The number of nitrogens with zero attached hydrogens (tertiary/aromatic N) is 1. The van der Waals surface area contributed by atoms with Crippen LogP contribution in [-0.2, 0) is 4.79 Å². The Labute approximate surface area is 107 Å². The number of halogens is 1. The standard InChI is InChI=1S/C11H13FN2O5/c1-6(15)13-5-10(16)11(17)8-4-7(12)2-3-9(8)14(18)19/h2-4,10-11,16-17H,5H2,1H3,(H,13,15). The smallest absolute Gasteiger partial charge is 0.275 e. The van der Waals surface area contributed by atoms with Gasteiger partial charge in [0.25, 0.3) is 5.69 Å². The van der Waals surface area contributed by atoms with Crippen LogP contribution in [0.3, 0.4) is 0 Å². The van der Waals surface area contributed by atoms with E-state index in [0.717, 1.165) is 18.2 Å². The second-order valence-corrected chi connectivity index (χ2v) is 3.91. The second kappa shape index (κ2) is 6.21. The highest BCUT2D eigenvalue weighted by atomic mass is 19.1. The van der Waals surface area contributed by atoms with Crippen molar-refractivity contribution in [3.8, 4) is 0 Å². The third-order valence-corrected chi connectivity index (χ3v) is 2.43. The summed E-state index contributed by atoms with van der Waals surface area (Å²) in [6, 6.07) is 2.56. The van der Waals surface area contributed by atoms with E-state index in [9.17, 15) is 29.5 Å². The molecule has 0 spiro atoms. The van der Waals surface area contributed by atoms with Crippen molar-refractivity contribution >= 4 is 11.6 Å². The molecular weight excluding hydrogens is 259 g/mol. The van der Waals surface area contributed by atoms with Gasteiger partial charge in [-0.3, -0.25) is 14.9 Å². The topological polar surface area (TPSA) is 113 Å². The maximum atomic E-state index is 13.1. The number of benzene rings is 1. The van der Waals surface area contributed by atoms with E-state index >= 15 is 0 Å². The summed E-state index contributed by atoms with van der Waals surface area (Å²) in [5, 5.41) is 32.4. The van der Waals surface area contributed by atoms with Gasteiger partial charge in [-0.15, -0.1) is 0 Å². The van der Waals surface area contributed by atoms with Crippen molar-refractivity contribution in [1.82, 2.24) is 5.32 Å². The molecule has 0 radical (unpaired) electrons. The van der Waals surface area contributed by atoms with E-state index in [4.69, 9.17) is 0 Å². The fourth-order valence-corrected chi connectivity index (χ4v) is 1.50. The van der Waals surface area contributed by atoms with Crippen molar-refractivity contribution in [2.45, 2.75) is 19.1 Å². The van der Waals surface area contributed by atoms with Crippen molar-refractivity contribution in [1.29, 1.82) is 0 Å². The molecule has 19 heavy (non-hydrogen) atoms. The molecule has 1 amide bonds. The van der Waals surface area contributed by atoms with Gasteiger partial charge in [-0.1, -0.05) is 0 Å². The Morgan fingerprint density at radius 2 is 2.16 bits per heavy atom. The molecule has 0 aliphatic heterocycles. The van der Waals surface area contributed by atoms with Crippen molar-refractivity contribution in [3.05, 3.63) is 39.7 Å². The molecule has 2 unspecified atom stereocenters. The van der Waals surface area contributed by atoms with Crippen LogP contribution in [0.25, 0.3) is 0 Å². The van der Waals surface area contributed by atoms with Crippen LogP contribution >= 0.6 is 0 Å². The van der Waals surface area contributed by atoms with Crippen LogP contribution < -0.4 is 5.32 Å². The lowest BCUT2D eigenvalue weighted by Crippen LogP contribution is -2.34. The van der Waals surface area contributed by atoms with Crippen LogP contribution in [0.4, 0.5) is 10.1 Å². The molecule has 0 bridgehead atoms. The van der Waals surface area contributed by atoms with Gasteiger partial charge in [0.2, 0.25) is 5.91 Å². The molecular formula is C11H13FN2O5. The number of carbonyl (C=O) groups excluding carboxylic acids is 1. The summed E-state index contributed by atoms with van der Waals surface area (Å²) >= 11 is 0.